The number of amides is 1. The maximum absolute atomic E-state index is 12.6. The van der Waals surface area contributed by atoms with Crippen LogP contribution < -0.4 is 9.62 Å². The molecule has 1 atom stereocenters. The van der Waals surface area contributed by atoms with Gasteiger partial charge in [-0.15, -0.1) is 0 Å². The van der Waals surface area contributed by atoms with Crippen LogP contribution in [0.1, 0.15) is 43.7 Å². The molecule has 0 unspecified atom stereocenters. The fourth-order valence-corrected chi connectivity index (χ4v) is 4.68. The van der Waals surface area contributed by atoms with E-state index in [1.165, 1.54) is 23.6 Å². The molecule has 1 N–H and O–H groups in total. The summed E-state index contributed by atoms with van der Waals surface area (Å²) in [4.78, 5) is 15.0. The Balaban J connectivity index is 1.96. The Morgan fingerprint density at radius 1 is 1.19 bits per heavy atom. The second-order valence-electron chi connectivity index (χ2n) is 7.55. The molecule has 2 rings (SSSR count). The maximum Gasteiger partial charge on any atom is 0.243 e. The Labute approximate surface area is 164 Å². The highest BCUT2D eigenvalue weighted by Gasteiger charge is 2.29. The number of nitrogens with one attached hydrogen (secondary N) is 1. The number of anilines is 1. The number of rotatable bonds is 8. The summed E-state index contributed by atoms with van der Waals surface area (Å²) in [5.41, 5.74) is 2.61. The number of hydrogen-bond acceptors (Lipinski definition) is 4. The van der Waals surface area contributed by atoms with Crippen LogP contribution in [0.2, 0.25) is 0 Å². The van der Waals surface area contributed by atoms with Gasteiger partial charge in [0.1, 0.15) is 6.04 Å². The van der Waals surface area contributed by atoms with Crippen molar-refractivity contribution in [2.24, 2.45) is 0 Å². The second-order valence-corrected chi connectivity index (χ2v) is 9.41. The fourth-order valence-electron chi connectivity index (χ4n) is 3.52. The summed E-state index contributed by atoms with van der Waals surface area (Å²) < 4.78 is 25.9. The van der Waals surface area contributed by atoms with E-state index in [1.807, 2.05) is 26.0 Å². The van der Waals surface area contributed by atoms with Gasteiger partial charge in [0.25, 0.3) is 0 Å². The molecule has 27 heavy (non-hydrogen) atoms. The third-order valence-corrected chi connectivity index (χ3v) is 6.47. The zero-order chi connectivity index (χ0) is 20.0. The van der Waals surface area contributed by atoms with Gasteiger partial charge >= 0.3 is 0 Å². The van der Waals surface area contributed by atoms with Gasteiger partial charge in [0, 0.05) is 6.54 Å². The van der Waals surface area contributed by atoms with Gasteiger partial charge in [0.05, 0.1) is 11.9 Å². The van der Waals surface area contributed by atoms with Crippen LogP contribution in [0.5, 0.6) is 0 Å². The Bertz CT molecular complexity index is 743. The molecule has 1 aliphatic heterocycles. The van der Waals surface area contributed by atoms with E-state index in [0.717, 1.165) is 43.4 Å². The van der Waals surface area contributed by atoms with Crippen molar-refractivity contribution >= 4 is 21.6 Å². The smallest absolute Gasteiger partial charge is 0.243 e. The number of hydrogen-bond donors (Lipinski definition) is 1. The molecule has 0 radical (unpaired) electrons. The van der Waals surface area contributed by atoms with Crippen molar-refractivity contribution in [3.8, 4) is 0 Å². The summed E-state index contributed by atoms with van der Waals surface area (Å²) >= 11 is 0. The quantitative estimate of drug-likeness (QED) is 0.687. The first kappa shape index (κ1) is 21.7. The Morgan fingerprint density at radius 3 is 2.44 bits per heavy atom. The second kappa shape index (κ2) is 9.55. The summed E-state index contributed by atoms with van der Waals surface area (Å²) in [5, 5.41) is 2.90. The van der Waals surface area contributed by atoms with E-state index in [2.05, 4.69) is 10.2 Å². The van der Waals surface area contributed by atoms with E-state index in [1.54, 1.807) is 13.0 Å². The van der Waals surface area contributed by atoms with E-state index < -0.39 is 16.1 Å². The summed E-state index contributed by atoms with van der Waals surface area (Å²) in [7, 11) is -3.58. The summed E-state index contributed by atoms with van der Waals surface area (Å²) in [6.07, 6.45) is 5.83. The van der Waals surface area contributed by atoms with Gasteiger partial charge in [0.15, 0.2) is 0 Å². The monoisotopic (exact) mass is 395 g/mol. The molecule has 1 amide bonds. The molecule has 1 fully saturated rings. The number of nitrogens with zero attached hydrogens (tertiary/aromatic N) is 2. The van der Waals surface area contributed by atoms with Crippen molar-refractivity contribution in [2.75, 3.05) is 36.7 Å². The minimum absolute atomic E-state index is 0.266. The first-order chi connectivity index (χ1) is 12.7. The van der Waals surface area contributed by atoms with Crippen LogP contribution in [0.3, 0.4) is 0 Å². The number of sulfonamides is 1. The molecule has 7 heteroatoms. The summed E-state index contributed by atoms with van der Waals surface area (Å²) in [6, 6.07) is 4.66. The van der Waals surface area contributed by atoms with Crippen LogP contribution in [0.4, 0.5) is 5.69 Å². The van der Waals surface area contributed by atoms with E-state index in [0.29, 0.717) is 12.2 Å². The normalized spacial score (nSPS) is 16.7. The SMILES string of the molecule is Cc1ccc(N([C@@H](C)C(=O)NCCCN2CCCCC2)S(C)(=O)=O)cc1C. The van der Waals surface area contributed by atoms with Crippen LogP contribution in [0.25, 0.3) is 0 Å². The first-order valence-electron chi connectivity index (χ1n) is 9.77. The minimum Gasteiger partial charge on any atom is -0.354 e. The van der Waals surface area contributed by atoms with Crippen LogP contribution >= 0.6 is 0 Å². The van der Waals surface area contributed by atoms with Crippen molar-refractivity contribution < 1.29 is 13.2 Å². The molecule has 0 aliphatic carbocycles. The molecular formula is C20H33N3O3S. The van der Waals surface area contributed by atoms with Crippen LogP contribution in [-0.4, -0.2) is 57.7 Å². The van der Waals surface area contributed by atoms with Gasteiger partial charge in [-0.1, -0.05) is 12.5 Å². The van der Waals surface area contributed by atoms with Gasteiger partial charge in [-0.2, -0.15) is 0 Å². The highest BCUT2D eigenvalue weighted by molar-refractivity contribution is 7.92. The Morgan fingerprint density at radius 2 is 1.85 bits per heavy atom. The predicted molar refractivity (Wildman–Crippen MR) is 111 cm³/mol. The van der Waals surface area contributed by atoms with Gasteiger partial charge in [0.2, 0.25) is 15.9 Å². The average molecular weight is 396 g/mol. The Kier molecular flexibility index (Phi) is 7.68. The third-order valence-electron chi connectivity index (χ3n) is 5.23. The molecule has 0 bridgehead atoms. The number of piperidine rings is 1. The molecular weight excluding hydrogens is 362 g/mol. The average Bonchev–Trinajstić information content (AvgIpc) is 2.61. The lowest BCUT2D eigenvalue weighted by Gasteiger charge is -2.29. The molecule has 1 aliphatic rings. The minimum atomic E-state index is -3.58. The first-order valence-corrected chi connectivity index (χ1v) is 11.6. The van der Waals surface area contributed by atoms with Crippen molar-refractivity contribution in [1.29, 1.82) is 0 Å². The molecule has 1 saturated heterocycles. The Hall–Kier alpha value is -1.60. The molecule has 0 spiro atoms. The number of likely N-dealkylation sites (tertiary alicyclic amines) is 1. The van der Waals surface area contributed by atoms with Crippen molar-refractivity contribution in [3.63, 3.8) is 0 Å². The molecule has 0 aromatic heterocycles. The lowest BCUT2D eigenvalue weighted by atomic mass is 10.1. The van der Waals surface area contributed by atoms with Gasteiger partial charge in [-0.05, 0) is 82.9 Å². The molecule has 0 saturated carbocycles. The molecule has 1 aromatic rings. The molecule has 152 valence electrons. The van der Waals surface area contributed by atoms with E-state index in [4.69, 9.17) is 0 Å². The van der Waals surface area contributed by atoms with Crippen LogP contribution in [0, 0.1) is 13.8 Å². The summed E-state index contributed by atoms with van der Waals surface area (Å²) in [6.45, 7) is 9.35. The summed E-state index contributed by atoms with van der Waals surface area (Å²) in [5.74, 6) is -0.266. The zero-order valence-corrected chi connectivity index (χ0v) is 17.8. The highest BCUT2D eigenvalue weighted by atomic mass is 32.2. The standard InChI is InChI=1S/C20H33N3O3S/c1-16-9-10-19(15-17(16)2)23(27(4,25)26)18(3)20(24)21-11-8-14-22-12-6-5-7-13-22/h9-10,15,18H,5-8,11-14H2,1-4H3,(H,21,24)/t18-/m0/s1. The maximum atomic E-state index is 12.6. The number of benzene rings is 1. The lowest BCUT2D eigenvalue weighted by molar-refractivity contribution is -0.121. The largest absolute Gasteiger partial charge is 0.354 e. The highest BCUT2D eigenvalue weighted by Crippen LogP contribution is 2.23. The van der Waals surface area contributed by atoms with E-state index >= 15 is 0 Å². The van der Waals surface area contributed by atoms with Crippen molar-refractivity contribution in [3.05, 3.63) is 29.3 Å². The topological polar surface area (TPSA) is 69.7 Å². The molecule has 6 nitrogen and oxygen atoms in total. The van der Waals surface area contributed by atoms with Gasteiger partial charge in [-0.25, -0.2) is 8.42 Å². The van der Waals surface area contributed by atoms with E-state index in [-0.39, 0.29) is 5.91 Å². The zero-order valence-electron chi connectivity index (χ0n) is 17.0. The molecule has 1 heterocycles. The number of aryl methyl sites for hydroxylation is 2. The van der Waals surface area contributed by atoms with Gasteiger partial charge < -0.3 is 10.2 Å². The molecule has 1 aromatic carbocycles. The van der Waals surface area contributed by atoms with Crippen molar-refractivity contribution in [2.45, 2.75) is 52.5 Å². The third kappa shape index (κ3) is 6.21. The van der Waals surface area contributed by atoms with Crippen LogP contribution in [0.15, 0.2) is 18.2 Å². The lowest BCUT2D eigenvalue weighted by Crippen LogP contribution is -2.48. The van der Waals surface area contributed by atoms with Crippen molar-refractivity contribution in [1.82, 2.24) is 10.2 Å². The number of carbonyl (C=O) groups excluding carboxylic acids is 1. The fraction of sp³-hybridized carbons (Fsp3) is 0.650. The van der Waals surface area contributed by atoms with Crippen LogP contribution in [-0.2, 0) is 14.8 Å². The predicted octanol–water partition coefficient (Wildman–Crippen LogP) is 2.45. The van der Waals surface area contributed by atoms with Gasteiger partial charge in [-0.3, -0.25) is 9.10 Å². The number of carbonyl (C=O) groups is 1. The van der Waals surface area contributed by atoms with E-state index in [9.17, 15) is 13.2 Å².